The van der Waals surface area contributed by atoms with Gasteiger partial charge in [0.15, 0.2) is 11.5 Å². The number of benzene rings is 2. The van der Waals surface area contributed by atoms with Crippen molar-refractivity contribution in [2.24, 2.45) is 5.92 Å². The molecule has 31 heavy (non-hydrogen) atoms. The molecule has 162 valence electrons. The lowest BCUT2D eigenvalue weighted by Crippen LogP contribution is -2.40. The van der Waals surface area contributed by atoms with Crippen LogP contribution in [0, 0.1) is 5.92 Å². The molecule has 4 rings (SSSR count). The minimum atomic E-state index is -0.133. The molecule has 6 heteroatoms. The molecule has 0 radical (unpaired) electrons. The van der Waals surface area contributed by atoms with E-state index in [2.05, 4.69) is 39.5 Å². The molecule has 1 aromatic heterocycles. The van der Waals surface area contributed by atoms with E-state index in [0.717, 1.165) is 38.0 Å². The Labute approximate surface area is 183 Å². The molecule has 2 heterocycles. The molecule has 2 aromatic carbocycles. The summed E-state index contributed by atoms with van der Waals surface area (Å²) in [5.74, 6) is 1.31. The average Bonchev–Trinajstić information content (AvgIpc) is 2.82. The fraction of sp³-hybridized carbons (Fsp3) is 0.360. The number of piperidine rings is 1. The number of aromatic nitrogens is 1. The van der Waals surface area contributed by atoms with E-state index in [-0.39, 0.29) is 5.91 Å². The first kappa shape index (κ1) is 21.1. The first-order valence-electron chi connectivity index (χ1n) is 10.7. The van der Waals surface area contributed by atoms with Crippen LogP contribution in [0.1, 0.15) is 28.8 Å². The normalized spacial score (nSPS) is 16.8. The predicted molar refractivity (Wildman–Crippen MR) is 122 cm³/mol. The van der Waals surface area contributed by atoms with Crippen molar-refractivity contribution >= 4 is 16.8 Å². The number of ether oxygens (including phenoxy) is 2. The summed E-state index contributed by atoms with van der Waals surface area (Å²) in [6.45, 7) is 3.54. The summed E-state index contributed by atoms with van der Waals surface area (Å²) in [4.78, 5) is 19.8. The number of fused-ring (bicyclic) bond motifs is 1. The molecule has 1 fully saturated rings. The number of carbonyl (C=O) groups excluding carboxylic acids is 1. The van der Waals surface area contributed by atoms with Gasteiger partial charge in [-0.25, -0.2) is 0 Å². The molecule has 0 aliphatic carbocycles. The van der Waals surface area contributed by atoms with Crippen molar-refractivity contribution in [3.63, 3.8) is 0 Å². The molecule has 0 unspecified atom stereocenters. The molecule has 3 aromatic rings. The molecule has 0 saturated carbocycles. The van der Waals surface area contributed by atoms with Gasteiger partial charge >= 0.3 is 0 Å². The van der Waals surface area contributed by atoms with Crippen molar-refractivity contribution < 1.29 is 14.3 Å². The van der Waals surface area contributed by atoms with Crippen molar-refractivity contribution in [3.8, 4) is 11.5 Å². The second kappa shape index (κ2) is 9.79. The van der Waals surface area contributed by atoms with Gasteiger partial charge in [-0.3, -0.25) is 14.7 Å². The van der Waals surface area contributed by atoms with E-state index in [0.29, 0.717) is 29.5 Å². The van der Waals surface area contributed by atoms with Crippen LogP contribution in [0.25, 0.3) is 10.9 Å². The monoisotopic (exact) mass is 419 g/mol. The first-order chi connectivity index (χ1) is 15.2. The van der Waals surface area contributed by atoms with Crippen LogP contribution in [0.3, 0.4) is 0 Å². The number of nitrogens with one attached hydrogen (secondary N) is 1. The van der Waals surface area contributed by atoms with Crippen LogP contribution < -0.4 is 14.8 Å². The van der Waals surface area contributed by atoms with Gasteiger partial charge < -0.3 is 14.8 Å². The lowest BCUT2D eigenvalue weighted by molar-refractivity contribution is 0.0927. The molecule has 1 aliphatic heterocycles. The third kappa shape index (κ3) is 4.80. The highest BCUT2D eigenvalue weighted by atomic mass is 16.5. The Balaban J connectivity index is 1.38. The van der Waals surface area contributed by atoms with Gasteiger partial charge in [0.2, 0.25) is 0 Å². The van der Waals surface area contributed by atoms with Gasteiger partial charge in [0.1, 0.15) is 0 Å². The minimum Gasteiger partial charge on any atom is -0.493 e. The third-order valence-corrected chi connectivity index (χ3v) is 5.91. The summed E-state index contributed by atoms with van der Waals surface area (Å²) in [5, 5.41) is 4.27. The molecule has 1 aliphatic rings. The summed E-state index contributed by atoms with van der Waals surface area (Å²) in [7, 11) is 3.12. The quantitative estimate of drug-likeness (QED) is 0.629. The molecule has 0 bridgehead atoms. The van der Waals surface area contributed by atoms with E-state index in [1.54, 1.807) is 32.4 Å². The number of pyridine rings is 1. The largest absolute Gasteiger partial charge is 0.493 e. The second-order valence-electron chi connectivity index (χ2n) is 7.99. The topological polar surface area (TPSA) is 63.7 Å². The van der Waals surface area contributed by atoms with Crippen molar-refractivity contribution in [1.29, 1.82) is 0 Å². The van der Waals surface area contributed by atoms with Crippen molar-refractivity contribution in [2.75, 3.05) is 33.9 Å². The van der Waals surface area contributed by atoms with E-state index in [1.807, 2.05) is 12.3 Å². The van der Waals surface area contributed by atoms with Gasteiger partial charge in [0, 0.05) is 31.2 Å². The predicted octanol–water partition coefficient (Wildman–Crippen LogP) is 3.89. The van der Waals surface area contributed by atoms with E-state index in [4.69, 9.17) is 9.47 Å². The highest BCUT2D eigenvalue weighted by Gasteiger charge is 2.22. The molecule has 1 amide bonds. The summed E-state index contributed by atoms with van der Waals surface area (Å²) in [6.07, 6.45) is 4.09. The maximum absolute atomic E-state index is 12.8. The fourth-order valence-corrected chi connectivity index (χ4v) is 4.40. The molecular formula is C25H29N3O3. The lowest BCUT2D eigenvalue weighted by Gasteiger charge is -2.33. The highest BCUT2D eigenvalue weighted by Crippen LogP contribution is 2.30. The van der Waals surface area contributed by atoms with E-state index >= 15 is 0 Å². The van der Waals surface area contributed by atoms with Crippen molar-refractivity contribution in [1.82, 2.24) is 15.2 Å². The fourth-order valence-electron chi connectivity index (χ4n) is 4.40. The Bertz CT molecular complexity index is 1050. The number of rotatable bonds is 7. The second-order valence-corrected chi connectivity index (χ2v) is 7.99. The van der Waals surface area contributed by atoms with Crippen LogP contribution in [0.4, 0.5) is 0 Å². The van der Waals surface area contributed by atoms with Crippen molar-refractivity contribution in [3.05, 3.63) is 65.9 Å². The molecular weight excluding hydrogens is 390 g/mol. The van der Waals surface area contributed by atoms with Gasteiger partial charge in [0.25, 0.3) is 5.91 Å². The van der Waals surface area contributed by atoms with Crippen LogP contribution in [0.15, 0.2) is 54.7 Å². The van der Waals surface area contributed by atoms with Gasteiger partial charge in [-0.15, -0.1) is 0 Å². The maximum Gasteiger partial charge on any atom is 0.255 e. The van der Waals surface area contributed by atoms with Gasteiger partial charge in [-0.05, 0) is 49.1 Å². The van der Waals surface area contributed by atoms with Gasteiger partial charge in [-0.2, -0.15) is 0 Å². The summed E-state index contributed by atoms with van der Waals surface area (Å²) >= 11 is 0. The Hall–Kier alpha value is -3.12. The van der Waals surface area contributed by atoms with E-state index in [1.165, 1.54) is 10.9 Å². The molecule has 1 saturated heterocycles. The molecule has 1 atom stereocenters. The zero-order chi connectivity index (χ0) is 21.6. The summed E-state index contributed by atoms with van der Waals surface area (Å²) < 4.78 is 10.7. The number of para-hydroxylation sites is 2. The Kier molecular flexibility index (Phi) is 6.67. The van der Waals surface area contributed by atoms with Gasteiger partial charge in [0.05, 0.1) is 25.3 Å². The number of hydrogen-bond acceptors (Lipinski definition) is 5. The number of amides is 1. The number of methoxy groups -OCH3 is 2. The number of likely N-dealkylation sites (tertiary alicyclic amines) is 1. The molecule has 0 spiro atoms. The number of hydrogen-bond donors (Lipinski definition) is 1. The van der Waals surface area contributed by atoms with Crippen LogP contribution >= 0.6 is 0 Å². The van der Waals surface area contributed by atoms with E-state index < -0.39 is 0 Å². The Morgan fingerprint density at radius 2 is 1.97 bits per heavy atom. The molecule has 6 nitrogen and oxygen atoms in total. The summed E-state index contributed by atoms with van der Waals surface area (Å²) in [6, 6.07) is 15.8. The smallest absolute Gasteiger partial charge is 0.255 e. The maximum atomic E-state index is 12.8. The zero-order valence-corrected chi connectivity index (χ0v) is 18.1. The SMILES string of the molecule is COc1cccc(C(=O)NC[C@H]2CCCN(Cc3cccc4cccnc34)C2)c1OC. The van der Waals surface area contributed by atoms with E-state index in [9.17, 15) is 4.79 Å². The average molecular weight is 420 g/mol. The van der Waals surface area contributed by atoms with Crippen LogP contribution in [-0.2, 0) is 6.54 Å². The van der Waals surface area contributed by atoms with Crippen LogP contribution in [0.5, 0.6) is 11.5 Å². The zero-order valence-electron chi connectivity index (χ0n) is 18.1. The van der Waals surface area contributed by atoms with Crippen LogP contribution in [-0.4, -0.2) is 49.6 Å². The van der Waals surface area contributed by atoms with Crippen molar-refractivity contribution in [2.45, 2.75) is 19.4 Å². The lowest BCUT2D eigenvalue weighted by atomic mass is 9.97. The highest BCUT2D eigenvalue weighted by molar-refractivity contribution is 5.97. The molecule has 1 N–H and O–H groups in total. The first-order valence-corrected chi connectivity index (χ1v) is 10.7. The number of nitrogens with zero attached hydrogens (tertiary/aromatic N) is 2. The summed E-state index contributed by atoms with van der Waals surface area (Å²) in [5.41, 5.74) is 2.82. The minimum absolute atomic E-state index is 0.133. The Morgan fingerprint density at radius 1 is 1.13 bits per heavy atom. The van der Waals surface area contributed by atoms with Gasteiger partial charge in [-0.1, -0.05) is 30.3 Å². The van der Waals surface area contributed by atoms with Crippen LogP contribution in [0.2, 0.25) is 0 Å². The number of carbonyl (C=O) groups is 1. The third-order valence-electron chi connectivity index (χ3n) is 5.91. The standard InChI is InChI=1S/C25H29N3O3/c1-30-22-12-4-11-21(24(22)31-2)25(29)27-15-18-7-6-14-28(16-18)17-20-9-3-8-19-10-5-13-26-23(19)20/h3-5,8-13,18H,6-7,14-17H2,1-2H3,(H,27,29)/t18-/m1/s1. The Morgan fingerprint density at radius 3 is 2.81 bits per heavy atom.